The molecule has 0 aliphatic heterocycles. The second-order valence-corrected chi connectivity index (χ2v) is 7.13. The van der Waals surface area contributed by atoms with Gasteiger partial charge in [-0.05, 0) is 42.9 Å². The average Bonchev–Trinajstić information content (AvgIpc) is 2.52. The van der Waals surface area contributed by atoms with Gasteiger partial charge in [0.15, 0.2) is 0 Å². The summed E-state index contributed by atoms with van der Waals surface area (Å²) in [7, 11) is 0. The molecular weight excluding hydrogens is 392 g/mol. The number of hydrogen-bond donors (Lipinski definition) is 1. The fraction of sp³-hybridized carbons (Fsp3) is 0.556. The second kappa shape index (κ2) is 8.00. The van der Waals surface area contributed by atoms with E-state index < -0.39 is 52.9 Å². The Morgan fingerprint density at radius 3 is 1.82 bits per heavy atom. The first-order valence-corrected chi connectivity index (χ1v) is 8.60. The van der Waals surface area contributed by atoms with Crippen LogP contribution in [0.4, 0.5) is 32.0 Å². The molecule has 1 amide bonds. The van der Waals surface area contributed by atoms with Gasteiger partial charge >= 0.3 is 12.4 Å². The van der Waals surface area contributed by atoms with Crippen molar-refractivity contribution in [2.45, 2.75) is 57.3 Å². The number of halogens is 6. The summed E-state index contributed by atoms with van der Waals surface area (Å²) in [6.45, 7) is 0. The lowest BCUT2D eigenvalue weighted by atomic mass is 9.69. The topological polar surface area (TPSA) is 69.2 Å². The zero-order valence-electron chi connectivity index (χ0n) is 14.7. The number of carbonyl (C=O) groups excluding carboxylic acids is 2. The van der Waals surface area contributed by atoms with Gasteiger partial charge < -0.3 is 15.2 Å². The van der Waals surface area contributed by atoms with Gasteiger partial charge in [-0.1, -0.05) is 19.3 Å². The first-order valence-electron chi connectivity index (χ1n) is 8.60. The van der Waals surface area contributed by atoms with Gasteiger partial charge in [0, 0.05) is 18.1 Å². The van der Waals surface area contributed by atoms with Crippen molar-refractivity contribution >= 4 is 17.6 Å². The number of benzene rings is 1. The predicted molar refractivity (Wildman–Crippen MR) is 84.8 cm³/mol. The van der Waals surface area contributed by atoms with E-state index in [0.29, 0.717) is 37.8 Å². The highest BCUT2D eigenvalue weighted by molar-refractivity contribution is 5.91. The minimum Gasteiger partial charge on any atom is -0.550 e. The van der Waals surface area contributed by atoms with E-state index in [-0.39, 0.29) is 12.5 Å². The summed E-state index contributed by atoms with van der Waals surface area (Å²) in [6, 6.07) is 0.799. The molecule has 1 N–H and O–H groups in total. The Balaban J connectivity index is 2.25. The molecule has 156 valence electrons. The van der Waals surface area contributed by atoms with E-state index in [9.17, 15) is 41.0 Å². The van der Waals surface area contributed by atoms with Crippen LogP contribution in [0.15, 0.2) is 18.2 Å². The largest absolute Gasteiger partial charge is 0.550 e. The molecule has 0 bridgehead atoms. The smallest absolute Gasteiger partial charge is 0.416 e. The Kier molecular flexibility index (Phi) is 6.30. The van der Waals surface area contributed by atoms with Crippen molar-refractivity contribution in [3.05, 3.63) is 29.3 Å². The van der Waals surface area contributed by atoms with Crippen molar-refractivity contribution in [3.63, 3.8) is 0 Å². The van der Waals surface area contributed by atoms with E-state index >= 15 is 0 Å². The highest BCUT2D eigenvalue weighted by Crippen LogP contribution is 2.43. The van der Waals surface area contributed by atoms with Crippen LogP contribution in [-0.2, 0) is 21.9 Å². The van der Waals surface area contributed by atoms with Gasteiger partial charge in [-0.3, -0.25) is 4.79 Å². The summed E-state index contributed by atoms with van der Waals surface area (Å²) in [5.41, 5.74) is -4.64. The Hall–Kier alpha value is -2.26. The molecule has 1 aliphatic carbocycles. The predicted octanol–water partition coefficient (Wildman–Crippen LogP) is 4.14. The minimum absolute atomic E-state index is 0.0334. The minimum atomic E-state index is -5.03. The number of aliphatic carboxylic acids is 1. The Labute approximate surface area is 156 Å². The molecule has 1 saturated carbocycles. The molecule has 0 atom stereocenters. The summed E-state index contributed by atoms with van der Waals surface area (Å²) in [4.78, 5) is 23.3. The van der Waals surface area contributed by atoms with Crippen LogP contribution in [0.25, 0.3) is 0 Å². The molecule has 0 aromatic heterocycles. The van der Waals surface area contributed by atoms with Crippen LogP contribution >= 0.6 is 0 Å². The van der Waals surface area contributed by atoms with E-state index in [1.165, 1.54) is 0 Å². The number of carboxylic acid groups (broad SMARTS) is 1. The van der Waals surface area contributed by atoms with Crippen molar-refractivity contribution in [3.8, 4) is 0 Å². The zero-order valence-corrected chi connectivity index (χ0v) is 14.7. The maximum Gasteiger partial charge on any atom is 0.416 e. The standard InChI is InChI=1S/C18H19F6NO3/c19-17(20,21)11-6-12(18(22,23)24)8-13(7-11)25-14(26)9-16(10-15(27)28)4-2-1-3-5-16/h6-8H,1-5,9-10H2,(H,25,26)(H,27,28)/p-1. The Bertz CT molecular complexity index is 704. The molecule has 0 unspecified atom stereocenters. The van der Waals surface area contributed by atoms with E-state index in [2.05, 4.69) is 5.32 Å². The molecular formula is C18H18F6NO3-. The first-order chi connectivity index (χ1) is 12.8. The number of amides is 1. The molecule has 1 aliphatic rings. The molecule has 4 nitrogen and oxygen atoms in total. The molecule has 1 fully saturated rings. The quantitative estimate of drug-likeness (QED) is 0.742. The number of carboxylic acids is 1. The van der Waals surface area contributed by atoms with E-state index in [4.69, 9.17) is 0 Å². The van der Waals surface area contributed by atoms with Crippen LogP contribution in [-0.4, -0.2) is 11.9 Å². The number of nitrogens with one attached hydrogen (secondary N) is 1. The summed E-state index contributed by atoms with van der Waals surface area (Å²) in [5.74, 6) is -2.19. The van der Waals surface area contributed by atoms with Crippen molar-refractivity contribution in [1.82, 2.24) is 0 Å². The zero-order chi connectivity index (χ0) is 21.2. The number of carbonyl (C=O) groups is 2. The van der Waals surface area contributed by atoms with Crippen LogP contribution in [0.1, 0.15) is 56.1 Å². The third-order valence-corrected chi connectivity index (χ3v) is 4.84. The monoisotopic (exact) mass is 410 g/mol. The lowest BCUT2D eigenvalue weighted by Crippen LogP contribution is -2.36. The lowest BCUT2D eigenvalue weighted by Gasteiger charge is -2.37. The molecule has 0 spiro atoms. The number of rotatable bonds is 5. The molecule has 28 heavy (non-hydrogen) atoms. The summed E-state index contributed by atoms with van der Waals surface area (Å²) in [5, 5.41) is 13.1. The Morgan fingerprint density at radius 1 is 0.893 bits per heavy atom. The molecule has 1 aromatic rings. The Morgan fingerprint density at radius 2 is 1.39 bits per heavy atom. The normalized spacial score (nSPS) is 17.2. The maximum atomic E-state index is 12.9. The van der Waals surface area contributed by atoms with Crippen LogP contribution in [0.2, 0.25) is 0 Å². The molecule has 0 saturated heterocycles. The van der Waals surface area contributed by atoms with Crippen molar-refractivity contribution < 1.29 is 41.0 Å². The summed E-state index contributed by atoms with van der Waals surface area (Å²) >= 11 is 0. The highest BCUT2D eigenvalue weighted by atomic mass is 19.4. The van der Waals surface area contributed by atoms with Crippen LogP contribution in [0.5, 0.6) is 0 Å². The summed E-state index contributed by atoms with van der Waals surface area (Å²) in [6.07, 6.45) is -7.70. The van der Waals surface area contributed by atoms with Gasteiger partial charge in [0.25, 0.3) is 0 Å². The number of hydrogen-bond acceptors (Lipinski definition) is 3. The first kappa shape index (κ1) is 22.0. The van der Waals surface area contributed by atoms with Gasteiger partial charge in [-0.2, -0.15) is 26.3 Å². The fourth-order valence-electron chi connectivity index (χ4n) is 3.60. The molecule has 2 rings (SSSR count). The second-order valence-electron chi connectivity index (χ2n) is 7.13. The summed E-state index contributed by atoms with van der Waals surface area (Å²) < 4.78 is 77.4. The average molecular weight is 410 g/mol. The highest BCUT2D eigenvalue weighted by Gasteiger charge is 2.38. The van der Waals surface area contributed by atoms with Gasteiger partial charge in [0.05, 0.1) is 11.1 Å². The van der Waals surface area contributed by atoms with Crippen molar-refractivity contribution in [2.75, 3.05) is 5.32 Å². The number of anilines is 1. The van der Waals surface area contributed by atoms with E-state index in [1.54, 1.807) is 0 Å². The van der Waals surface area contributed by atoms with Crippen molar-refractivity contribution in [1.29, 1.82) is 0 Å². The molecule has 0 radical (unpaired) electrons. The fourth-order valence-corrected chi connectivity index (χ4v) is 3.60. The van der Waals surface area contributed by atoms with Gasteiger partial charge in [0.1, 0.15) is 0 Å². The van der Waals surface area contributed by atoms with Crippen LogP contribution in [0, 0.1) is 5.41 Å². The molecule has 0 heterocycles. The van der Waals surface area contributed by atoms with Crippen molar-refractivity contribution in [2.24, 2.45) is 5.41 Å². The van der Waals surface area contributed by atoms with Gasteiger partial charge in [-0.25, -0.2) is 0 Å². The van der Waals surface area contributed by atoms with Gasteiger partial charge in [-0.15, -0.1) is 0 Å². The maximum absolute atomic E-state index is 12.9. The van der Waals surface area contributed by atoms with Crippen LogP contribution < -0.4 is 10.4 Å². The molecule has 10 heteroatoms. The van der Waals surface area contributed by atoms with E-state index in [0.717, 1.165) is 6.42 Å². The molecule has 1 aromatic carbocycles. The third kappa shape index (κ3) is 5.87. The van der Waals surface area contributed by atoms with E-state index in [1.807, 2.05) is 0 Å². The lowest BCUT2D eigenvalue weighted by molar-refractivity contribution is -0.308. The van der Waals surface area contributed by atoms with Crippen LogP contribution in [0.3, 0.4) is 0 Å². The van der Waals surface area contributed by atoms with Gasteiger partial charge in [0.2, 0.25) is 5.91 Å². The number of alkyl halides is 6. The third-order valence-electron chi connectivity index (χ3n) is 4.84. The SMILES string of the molecule is O=C([O-])CC1(CC(=O)Nc2cc(C(F)(F)F)cc(C(F)(F)F)c2)CCCCC1.